The Morgan fingerprint density at radius 1 is 1.42 bits per heavy atom. The van der Waals surface area contributed by atoms with Crippen molar-refractivity contribution in [1.82, 2.24) is 15.1 Å². The van der Waals surface area contributed by atoms with Crippen molar-refractivity contribution >= 4 is 21.8 Å². The number of nitrogens with one attached hydrogen (secondary N) is 1. The van der Waals surface area contributed by atoms with Crippen LogP contribution in [0, 0.1) is 19.8 Å². The monoisotopic (exact) mass is 327 g/mol. The maximum atomic E-state index is 11.8. The van der Waals surface area contributed by atoms with E-state index in [4.69, 9.17) is 0 Å². The number of aryl methyl sites for hydroxylation is 2. The van der Waals surface area contributed by atoms with Crippen LogP contribution in [-0.2, 0) is 11.3 Å². The first-order valence-electron chi connectivity index (χ1n) is 7.07. The molecule has 0 unspecified atom stereocenters. The molecular formula is C14H22BrN3O. The summed E-state index contributed by atoms with van der Waals surface area (Å²) in [6.07, 6.45) is 5.47. The van der Waals surface area contributed by atoms with E-state index in [9.17, 15) is 4.79 Å². The van der Waals surface area contributed by atoms with E-state index in [1.807, 2.05) is 11.6 Å². The Morgan fingerprint density at radius 3 is 2.68 bits per heavy atom. The molecule has 1 saturated carbocycles. The molecule has 1 aromatic rings. The van der Waals surface area contributed by atoms with Crippen LogP contribution in [-0.4, -0.2) is 22.2 Å². The third kappa shape index (κ3) is 3.59. The fourth-order valence-electron chi connectivity index (χ4n) is 2.67. The molecule has 19 heavy (non-hydrogen) atoms. The number of halogens is 1. The number of rotatable bonds is 5. The maximum Gasteiger partial charge on any atom is 0.223 e. The lowest BCUT2D eigenvalue weighted by atomic mass is 10.1. The number of hydrogen-bond donors (Lipinski definition) is 1. The average molecular weight is 328 g/mol. The van der Waals surface area contributed by atoms with Gasteiger partial charge in [0.25, 0.3) is 0 Å². The standard InChI is InChI=1S/C14H22BrN3O/c1-10-13(15)11(2)18(17-10)9-5-8-16-14(19)12-6-3-4-7-12/h12H,3-9H2,1-2H3,(H,16,19). The van der Waals surface area contributed by atoms with Crippen molar-refractivity contribution < 1.29 is 4.79 Å². The summed E-state index contributed by atoms with van der Waals surface area (Å²) in [7, 11) is 0. The molecule has 1 fully saturated rings. The van der Waals surface area contributed by atoms with Crippen LogP contribution in [0.15, 0.2) is 4.47 Å². The summed E-state index contributed by atoms with van der Waals surface area (Å²) in [5.41, 5.74) is 2.17. The van der Waals surface area contributed by atoms with Crippen molar-refractivity contribution in [2.45, 2.75) is 52.5 Å². The highest BCUT2D eigenvalue weighted by molar-refractivity contribution is 9.10. The minimum atomic E-state index is 0.243. The molecule has 5 heteroatoms. The largest absolute Gasteiger partial charge is 0.356 e. The van der Waals surface area contributed by atoms with Gasteiger partial charge in [0.1, 0.15) is 0 Å². The van der Waals surface area contributed by atoms with Gasteiger partial charge < -0.3 is 5.32 Å². The van der Waals surface area contributed by atoms with Crippen LogP contribution < -0.4 is 5.32 Å². The second-order valence-corrected chi connectivity index (χ2v) is 6.13. The van der Waals surface area contributed by atoms with Crippen molar-refractivity contribution in [2.24, 2.45) is 5.92 Å². The highest BCUT2D eigenvalue weighted by Gasteiger charge is 2.21. The minimum absolute atomic E-state index is 0.243. The fraction of sp³-hybridized carbons (Fsp3) is 0.714. The molecule has 0 bridgehead atoms. The first kappa shape index (κ1) is 14.6. The number of nitrogens with zero attached hydrogens (tertiary/aromatic N) is 2. The Kier molecular flexibility index (Phi) is 5.02. The van der Waals surface area contributed by atoms with Gasteiger partial charge in [0.05, 0.1) is 10.2 Å². The van der Waals surface area contributed by atoms with Gasteiger partial charge in [0.15, 0.2) is 0 Å². The van der Waals surface area contributed by atoms with Crippen LogP contribution in [0.5, 0.6) is 0 Å². The molecule has 0 radical (unpaired) electrons. The van der Waals surface area contributed by atoms with Crippen LogP contribution in [0.4, 0.5) is 0 Å². The Hall–Kier alpha value is -0.840. The average Bonchev–Trinajstić information content (AvgIpc) is 3.00. The van der Waals surface area contributed by atoms with Crippen molar-refractivity contribution in [1.29, 1.82) is 0 Å². The van der Waals surface area contributed by atoms with E-state index in [0.717, 1.165) is 48.2 Å². The van der Waals surface area contributed by atoms with E-state index in [1.165, 1.54) is 12.8 Å². The lowest BCUT2D eigenvalue weighted by molar-refractivity contribution is -0.124. The van der Waals surface area contributed by atoms with Crippen LogP contribution in [0.25, 0.3) is 0 Å². The van der Waals surface area contributed by atoms with E-state index in [-0.39, 0.29) is 11.8 Å². The second kappa shape index (κ2) is 6.55. The molecule has 106 valence electrons. The summed E-state index contributed by atoms with van der Waals surface area (Å²) in [6.45, 7) is 5.64. The SMILES string of the molecule is Cc1nn(CCCNC(=O)C2CCCC2)c(C)c1Br. The van der Waals surface area contributed by atoms with Gasteiger partial charge in [-0.25, -0.2) is 0 Å². The van der Waals surface area contributed by atoms with E-state index in [1.54, 1.807) is 0 Å². The van der Waals surface area contributed by atoms with E-state index < -0.39 is 0 Å². The van der Waals surface area contributed by atoms with Crippen LogP contribution in [0.2, 0.25) is 0 Å². The normalized spacial score (nSPS) is 15.9. The zero-order valence-corrected chi connectivity index (χ0v) is 13.3. The molecular weight excluding hydrogens is 306 g/mol. The van der Waals surface area contributed by atoms with E-state index in [0.29, 0.717) is 0 Å². The van der Waals surface area contributed by atoms with Gasteiger partial charge in [-0.05, 0) is 49.0 Å². The molecule has 2 rings (SSSR count). The fourth-order valence-corrected chi connectivity index (χ4v) is 2.95. The number of carbonyl (C=O) groups excluding carboxylic acids is 1. The molecule has 0 spiro atoms. The van der Waals surface area contributed by atoms with Gasteiger partial charge in [-0.3, -0.25) is 9.48 Å². The molecule has 0 aliphatic heterocycles. The Balaban J connectivity index is 1.71. The third-order valence-electron chi connectivity index (χ3n) is 3.87. The first-order valence-corrected chi connectivity index (χ1v) is 7.86. The molecule has 4 nitrogen and oxygen atoms in total. The third-order valence-corrected chi connectivity index (χ3v) is 5.01. The van der Waals surface area contributed by atoms with Gasteiger partial charge in [-0.15, -0.1) is 0 Å². The van der Waals surface area contributed by atoms with Crippen LogP contribution in [0.3, 0.4) is 0 Å². The summed E-state index contributed by atoms with van der Waals surface area (Å²) in [6, 6.07) is 0. The highest BCUT2D eigenvalue weighted by Crippen LogP contribution is 2.24. The quantitative estimate of drug-likeness (QED) is 0.845. The van der Waals surface area contributed by atoms with E-state index in [2.05, 4.69) is 33.3 Å². The zero-order valence-electron chi connectivity index (χ0n) is 11.7. The molecule has 1 aliphatic carbocycles. The van der Waals surface area contributed by atoms with Gasteiger partial charge in [-0.2, -0.15) is 5.10 Å². The smallest absolute Gasteiger partial charge is 0.223 e. The van der Waals surface area contributed by atoms with Gasteiger partial charge in [0.2, 0.25) is 5.91 Å². The molecule has 0 aromatic carbocycles. The Labute approximate surface area is 123 Å². The Bertz CT molecular complexity index is 450. The number of amides is 1. The summed E-state index contributed by atoms with van der Waals surface area (Å²) in [4.78, 5) is 11.8. The molecule has 0 saturated heterocycles. The van der Waals surface area contributed by atoms with Crippen molar-refractivity contribution in [3.8, 4) is 0 Å². The summed E-state index contributed by atoms with van der Waals surface area (Å²) in [5.74, 6) is 0.509. The lowest BCUT2D eigenvalue weighted by Gasteiger charge is -2.10. The number of aromatic nitrogens is 2. The molecule has 0 atom stereocenters. The van der Waals surface area contributed by atoms with Gasteiger partial charge in [-0.1, -0.05) is 12.8 Å². The first-order chi connectivity index (χ1) is 9.09. The van der Waals surface area contributed by atoms with Crippen molar-refractivity contribution in [3.63, 3.8) is 0 Å². The molecule has 1 aromatic heterocycles. The lowest BCUT2D eigenvalue weighted by Crippen LogP contribution is -2.30. The number of hydrogen-bond acceptors (Lipinski definition) is 2. The van der Waals surface area contributed by atoms with Gasteiger partial charge >= 0.3 is 0 Å². The summed E-state index contributed by atoms with van der Waals surface area (Å²) < 4.78 is 3.09. The second-order valence-electron chi connectivity index (χ2n) is 5.33. The predicted octanol–water partition coefficient (Wildman–Crippen LogP) is 2.96. The topological polar surface area (TPSA) is 46.9 Å². The number of carbonyl (C=O) groups is 1. The van der Waals surface area contributed by atoms with Crippen LogP contribution in [0.1, 0.15) is 43.5 Å². The van der Waals surface area contributed by atoms with Gasteiger partial charge in [0, 0.05) is 24.7 Å². The van der Waals surface area contributed by atoms with Crippen LogP contribution >= 0.6 is 15.9 Å². The minimum Gasteiger partial charge on any atom is -0.356 e. The summed E-state index contributed by atoms with van der Waals surface area (Å²) >= 11 is 3.52. The Morgan fingerprint density at radius 2 is 2.11 bits per heavy atom. The summed E-state index contributed by atoms with van der Waals surface area (Å²) in [5, 5.41) is 7.50. The highest BCUT2D eigenvalue weighted by atomic mass is 79.9. The molecule has 1 heterocycles. The zero-order chi connectivity index (χ0) is 13.8. The molecule has 1 amide bonds. The van der Waals surface area contributed by atoms with Crippen molar-refractivity contribution in [2.75, 3.05) is 6.54 Å². The predicted molar refractivity (Wildman–Crippen MR) is 79.0 cm³/mol. The molecule has 1 N–H and O–H groups in total. The van der Waals surface area contributed by atoms with E-state index >= 15 is 0 Å². The maximum absolute atomic E-state index is 11.8. The molecule has 1 aliphatic rings. The van der Waals surface area contributed by atoms with Crippen molar-refractivity contribution in [3.05, 3.63) is 15.9 Å².